The maximum Gasteiger partial charge on any atom is 0.192 e. The zero-order valence-electron chi connectivity index (χ0n) is 31.7. The largest absolute Gasteiger partial charge is 0.494 e. The molecule has 3 aromatic heterocycles. The number of H-pyrrole nitrogens is 1. The summed E-state index contributed by atoms with van der Waals surface area (Å²) in [6.07, 6.45) is 4.08. The van der Waals surface area contributed by atoms with Crippen LogP contribution in [0.2, 0.25) is 0 Å². The summed E-state index contributed by atoms with van der Waals surface area (Å²) in [5, 5.41) is 0. The van der Waals surface area contributed by atoms with Gasteiger partial charge in [0.05, 0.1) is 50.9 Å². The molecule has 8 bridgehead atoms. The van der Waals surface area contributed by atoms with Crippen molar-refractivity contribution in [1.82, 2.24) is 19.5 Å². The predicted molar refractivity (Wildman–Crippen MR) is 225 cm³/mol. The predicted octanol–water partition coefficient (Wildman–Crippen LogP) is 11.1. The van der Waals surface area contributed by atoms with Crippen LogP contribution in [0.1, 0.15) is 22.8 Å². The van der Waals surface area contributed by atoms with E-state index in [9.17, 15) is 0 Å². The number of para-hydroxylation sites is 1. The van der Waals surface area contributed by atoms with Crippen LogP contribution in [0.3, 0.4) is 0 Å². The molecule has 4 aromatic carbocycles. The number of aromatic nitrogens is 4. The average molecular weight is 794 g/mol. The van der Waals surface area contributed by atoms with Gasteiger partial charge in [0.15, 0.2) is 23.0 Å². The van der Waals surface area contributed by atoms with Gasteiger partial charge in [0.2, 0.25) is 0 Å². The fraction of sp³-hybridized carbons (Fsp3) is 0.0833. The van der Waals surface area contributed by atoms with Crippen molar-refractivity contribution >= 4 is 45.7 Å². The third kappa shape index (κ3) is 6.46. The Morgan fingerprint density at radius 3 is 1.60 bits per heavy atom. The van der Waals surface area contributed by atoms with Gasteiger partial charge in [-0.05, 0) is 53.1 Å². The van der Waals surface area contributed by atoms with E-state index < -0.39 is 0 Å². The number of rotatable bonds is 8. The van der Waals surface area contributed by atoms with Crippen molar-refractivity contribution in [2.45, 2.75) is 0 Å². The van der Waals surface area contributed by atoms with Gasteiger partial charge in [-0.1, -0.05) is 109 Å². The SMILES string of the molecule is COC1=C(OC)c2nc1c(OC)c1[nH]c(cc3nc(cc4c(-c5ccccc5)c(-c5ccccc5)c(c2-c2ccccc2)n4-c2ccccc2)C=C3)cc1OC.[Co]. The Hall–Kier alpha value is -6.81. The zero-order chi connectivity index (χ0) is 38.2. The minimum Gasteiger partial charge on any atom is -0.494 e. The van der Waals surface area contributed by atoms with Crippen molar-refractivity contribution in [3.63, 3.8) is 0 Å². The molecule has 0 aliphatic carbocycles. The molecule has 57 heavy (non-hydrogen) atoms. The number of aromatic amines is 1. The van der Waals surface area contributed by atoms with E-state index >= 15 is 0 Å². The van der Waals surface area contributed by atoms with Crippen molar-refractivity contribution in [3.05, 3.63) is 162 Å². The summed E-state index contributed by atoms with van der Waals surface area (Å²) in [6, 6.07) is 47.9. The maximum absolute atomic E-state index is 6.32. The molecule has 283 valence electrons. The summed E-state index contributed by atoms with van der Waals surface area (Å²) < 4.78 is 26.9. The molecular formula is C48H38CoN4O4. The van der Waals surface area contributed by atoms with Crippen molar-refractivity contribution in [2.24, 2.45) is 0 Å². The Balaban J connectivity index is 0.00000455. The number of methoxy groups -OCH3 is 4. The zero-order valence-corrected chi connectivity index (χ0v) is 32.8. The van der Waals surface area contributed by atoms with Crippen LogP contribution in [0, 0.1) is 0 Å². The molecule has 0 amide bonds. The van der Waals surface area contributed by atoms with Crippen LogP contribution in [0.15, 0.2) is 140 Å². The van der Waals surface area contributed by atoms with Crippen LogP contribution in [-0.2, 0) is 26.3 Å². The van der Waals surface area contributed by atoms with Crippen LogP contribution in [0.25, 0.3) is 84.8 Å². The number of fused-ring (bicyclic) bond motifs is 8. The first-order chi connectivity index (χ1) is 27.6. The van der Waals surface area contributed by atoms with Crippen LogP contribution < -0.4 is 9.47 Å². The van der Waals surface area contributed by atoms with E-state index in [1.54, 1.807) is 28.4 Å². The van der Waals surface area contributed by atoms with E-state index in [0.717, 1.165) is 67.0 Å². The fourth-order valence-electron chi connectivity index (χ4n) is 7.75. The van der Waals surface area contributed by atoms with Gasteiger partial charge in [-0.3, -0.25) is 0 Å². The molecular weight excluding hydrogens is 755 g/mol. The van der Waals surface area contributed by atoms with Crippen molar-refractivity contribution in [2.75, 3.05) is 28.4 Å². The third-order valence-corrected chi connectivity index (χ3v) is 10.1. The second-order valence-electron chi connectivity index (χ2n) is 13.3. The number of hydrogen-bond acceptors (Lipinski definition) is 6. The van der Waals surface area contributed by atoms with E-state index in [1.807, 2.05) is 54.6 Å². The molecule has 9 heteroatoms. The Morgan fingerprint density at radius 1 is 0.509 bits per heavy atom. The normalized spacial score (nSPS) is 11.9. The first kappa shape index (κ1) is 37.1. The number of hydrogen-bond donors (Lipinski definition) is 1. The third-order valence-electron chi connectivity index (χ3n) is 10.1. The second kappa shape index (κ2) is 15.7. The molecule has 7 aromatic rings. The Bertz CT molecular complexity index is 2830. The van der Waals surface area contributed by atoms with Gasteiger partial charge in [-0.15, -0.1) is 0 Å². The summed E-state index contributed by atoms with van der Waals surface area (Å²) in [6.45, 7) is 0. The smallest absolute Gasteiger partial charge is 0.192 e. The van der Waals surface area contributed by atoms with Crippen molar-refractivity contribution in [1.29, 1.82) is 0 Å². The van der Waals surface area contributed by atoms with Gasteiger partial charge in [-0.2, -0.15) is 0 Å². The molecule has 0 saturated heterocycles. The second-order valence-corrected chi connectivity index (χ2v) is 13.3. The maximum atomic E-state index is 6.32. The molecule has 1 radical (unpaired) electrons. The molecule has 0 atom stereocenters. The summed E-state index contributed by atoms with van der Waals surface area (Å²) in [7, 11) is 6.52. The molecule has 1 N–H and O–H groups in total. The van der Waals surface area contributed by atoms with E-state index in [-0.39, 0.29) is 16.8 Å². The number of nitrogens with zero attached hydrogens (tertiary/aromatic N) is 3. The monoisotopic (exact) mass is 793 g/mol. The van der Waals surface area contributed by atoms with E-state index in [0.29, 0.717) is 39.9 Å². The quantitative estimate of drug-likeness (QED) is 0.165. The summed E-state index contributed by atoms with van der Waals surface area (Å²) in [4.78, 5) is 14.1. The minimum absolute atomic E-state index is 0. The molecule has 0 spiro atoms. The standard InChI is InChI=1S/C48H38N4O4.Co/c1-53-38-29-35-27-33-25-26-34(49-33)28-37-39(30-17-9-5-10-18-30)40(31-19-11-6-12-20-31)45(52(37)36-23-15-8-16-24-36)41(32-21-13-7-14-22-32)43-47(55-3)48(56-4)44(51-43)46(54-2)42(38)50-35;/h5-29,50H,1-4H3;. The summed E-state index contributed by atoms with van der Waals surface area (Å²) in [5.74, 6) is 1.90. The molecule has 9 rings (SSSR count). The molecule has 2 aliphatic rings. The van der Waals surface area contributed by atoms with Gasteiger partial charge >= 0.3 is 0 Å². The number of benzene rings is 4. The average Bonchev–Trinajstić information content (AvgIpc) is 4.03. The van der Waals surface area contributed by atoms with Crippen molar-refractivity contribution in [3.8, 4) is 50.6 Å². The Morgan fingerprint density at radius 2 is 1.04 bits per heavy atom. The topological polar surface area (TPSA) is 83.4 Å². The van der Waals surface area contributed by atoms with E-state index in [4.69, 9.17) is 28.9 Å². The first-order valence-electron chi connectivity index (χ1n) is 18.3. The number of nitrogens with one attached hydrogen (secondary N) is 1. The molecule has 8 nitrogen and oxygen atoms in total. The molecule has 0 saturated carbocycles. The molecule has 0 fully saturated rings. The van der Waals surface area contributed by atoms with Crippen LogP contribution in [-0.4, -0.2) is 48.0 Å². The molecule has 2 aliphatic heterocycles. The molecule has 5 heterocycles. The van der Waals surface area contributed by atoms with Crippen LogP contribution >= 0.6 is 0 Å². The number of ether oxygens (including phenoxy) is 4. The fourth-order valence-corrected chi connectivity index (χ4v) is 7.75. The van der Waals surface area contributed by atoms with Gasteiger partial charge in [-0.25, -0.2) is 9.97 Å². The summed E-state index contributed by atoms with van der Waals surface area (Å²) >= 11 is 0. The van der Waals surface area contributed by atoms with Gasteiger partial charge in [0.1, 0.15) is 17.0 Å². The van der Waals surface area contributed by atoms with E-state index in [2.05, 4.69) is 107 Å². The summed E-state index contributed by atoms with van der Waals surface area (Å²) in [5.41, 5.74) is 12.7. The van der Waals surface area contributed by atoms with Crippen LogP contribution in [0.4, 0.5) is 0 Å². The molecule has 0 unspecified atom stereocenters. The minimum atomic E-state index is 0. The first-order valence-corrected chi connectivity index (χ1v) is 18.3. The van der Waals surface area contributed by atoms with E-state index in [1.165, 1.54) is 0 Å². The van der Waals surface area contributed by atoms with Gasteiger partial charge in [0.25, 0.3) is 0 Å². The van der Waals surface area contributed by atoms with Crippen molar-refractivity contribution < 1.29 is 35.7 Å². The Labute approximate surface area is 340 Å². The van der Waals surface area contributed by atoms with Gasteiger partial charge in [0, 0.05) is 50.7 Å². The van der Waals surface area contributed by atoms with Crippen LogP contribution in [0.5, 0.6) is 11.5 Å². The Kier molecular flexibility index (Phi) is 10.3. The van der Waals surface area contributed by atoms with Gasteiger partial charge < -0.3 is 28.5 Å².